The predicted octanol–water partition coefficient (Wildman–Crippen LogP) is 7.90. The molecule has 36 heavy (non-hydrogen) atoms. The molecule has 0 radical (unpaired) electrons. The number of rotatable bonds is 6. The molecule has 1 atom stereocenters. The van der Waals surface area contributed by atoms with Crippen LogP contribution in [0.25, 0.3) is 0 Å². The summed E-state index contributed by atoms with van der Waals surface area (Å²) in [5, 5.41) is 0. The maximum atomic E-state index is 15.2. The van der Waals surface area contributed by atoms with Gasteiger partial charge in [-0.25, -0.2) is 13.2 Å². The Morgan fingerprint density at radius 3 is 2.00 bits per heavy atom. The molecule has 2 aliphatic carbocycles. The van der Waals surface area contributed by atoms with Gasteiger partial charge >= 0.3 is 5.97 Å². The molecule has 1 aliphatic heterocycles. The molecule has 3 aliphatic rings. The first-order chi connectivity index (χ1) is 17.4. The normalized spacial score (nSPS) is 28.3. The number of halogens is 3. The Labute approximate surface area is 210 Å². The van der Waals surface area contributed by atoms with Gasteiger partial charge in [0.25, 0.3) is 0 Å². The first-order valence-corrected chi connectivity index (χ1v) is 13.2. The van der Waals surface area contributed by atoms with Crippen LogP contribution in [0, 0.1) is 29.3 Å². The fraction of sp³-hybridized carbons (Fsp3) is 0.500. The SMILES string of the molecule is C/C=C/C1CCC(c2ccc(C3CCC(C(=O)Oc4ccc(C5CO5)cc4F)CC3)c(F)c2F)CC1. The Kier molecular flexibility index (Phi) is 7.52. The van der Waals surface area contributed by atoms with Crippen molar-refractivity contribution in [3.05, 3.63) is 76.6 Å². The minimum atomic E-state index is -0.740. The molecule has 0 aromatic heterocycles. The Morgan fingerprint density at radius 2 is 1.47 bits per heavy atom. The smallest absolute Gasteiger partial charge is 0.314 e. The van der Waals surface area contributed by atoms with Crippen molar-refractivity contribution >= 4 is 5.97 Å². The van der Waals surface area contributed by atoms with Crippen LogP contribution in [0.4, 0.5) is 13.2 Å². The van der Waals surface area contributed by atoms with E-state index in [0.717, 1.165) is 31.2 Å². The van der Waals surface area contributed by atoms with E-state index in [-0.39, 0.29) is 29.6 Å². The van der Waals surface area contributed by atoms with Gasteiger partial charge in [-0.2, -0.15) is 0 Å². The van der Waals surface area contributed by atoms with Crippen LogP contribution in [0.15, 0.2) is 42.5 Å². The molecular weight excluding hydrogens is 465 g/mol. The summed E-state index contributed by atoms with van der Waals surface area (Å²) in [6.07, 6.45) is 10.1. The second-order valence-corrected chi connectivity index (χ2v) is 10.5. The second kappa shape index (κ2) is 10.8. The molecule has 2 aromatic carbocycles. The van der Waals surface area contributed by atoms with E-state index in [9.17, 15) is 9.18 Å². The minimum Gasteiger partial charge on any atom is -0.423 e. The molecule has 2 aromatic rings. The topological polar surface area (TPSA) is 38.8 Å². The van der Waals surface area contributed by atoms with Gasteiger partial charge in [0.1, 0.15) is 6.10 Å². The number of carbonyl (C=O) groups excluding carboxylic acids is 1. The summed E-state index contributed by atoms with van der Waals surface area (Å²) in [5.74, 6) is -2.52. The number of esters is 1. The van der Waals surface area contributed by atoms with Gasteiger partial charge in [-0.05, 0) is 105 Å². The molecule has 1 saturated heterocycles. The van der Waals surface area contributed by atoms with Crippen LogP contribution in [0.2, 0.25) is 0 Å². The zero-order valence-corrected chi connectivity index (χ0v) is 20.7. The summed E-state index contributed by atoms with van der Waals surface area (Å²) in [5.41, 5.74) is 1.62. The Hall–Kier alpha value is -2.60. The summed E-state index contributed by atoms with van der Waals surface area (Å²) in [6.45, 7) is 2.59. The standard InChI is InChI=1S/C30H33F3O3/c1-2-3-18-4-6-19(7-5-18)23-13-14-24(29(33)28(23)32)20-8-10-21(11-9-20)30(34)36-26-15-12-22(16-25(26)31)27-17-35-27/h2-3,12-16,18-21,27H,4-11,17H2,1H3/b3-2+. The first-order valence-electron chi connectivity index (χ1n) is 13.2. The summed E-state index contributed by atoms with van der Waals surface area (Å²) >= 11 is 0. The molecule has 0 amide bonds. The van der Waals surface area contributed by atoms with Gasteiger partial charge in [-0.3, -0.25) is 4.79 Å². The van der Waals surface area contributed by atoms with Crippen molar-refractivity contribution in [2.45, 2.75) is 76.2 Å². The van der Waals surface area contributed by atoms with Gasteiger partial charge in [0, 0.05) is 0 Å². The van der Waals surface area contributed by atoms with E-state index in [0.29, 0.717) is 49.3 Å². The molecular formula is C30H33F3O3. The van der Waals surface area contributed by atoms with E-state index < -0.39 is 23.4 Å². The minimum absolute atomic E-state index is 0.0619. The number of hydrogen-bond acceptors (Lipinski definition) is 3. The molecule has 3 fully saturated rings. The molecule has 0 spiro atoms. The van der Waals surface area contributed by atoms with Crippen LogP contribution >= 0.6 is 0 Å². The highest BCUT2D eigenvalue weighted by Crippen LogP contribution is 2.42. The third-order valence-corrected chi connectivity index (χ3v) is 8.19. The maximum Gasteiger partial charge on any atom is 0.314 e. The predicted molar refractivity (Wildman–Crippen MR) is 131 cm³/mol. The fourth-order valence-corrected chi connectivity index (χ4v) is 5.98. The van der Waals surface area contributed by atoms with Crippen LogP contribution in [0.5, 0.6) is 5.75 Å². The average molecular weight is 499 g/mol. The van der Waals surface area contributed by atoms with Crippen molar-refractivity contribution in [3.63, 3.8) is 0 Å². The van der Waals surface area contributed by atoms with Crippen LogP contribution in [-0.2, 0) is 9.53 Å². The largest absolute Gasteiger partial charge is 0.423 e. The molecule has 6 heteroatoms. The highest BCUT2D eigenvalue weighted by molar-refractivity contribution is 5.75. The highest BCUT2D eigenvalue weighted by atomic mass is 19.2. The van der Waals surface area contributed by atoms with Crippen LogP contribution in [-0.4, -0.2) is 12.6 Å². The molecule has 5 rings (SSSR count). The van der Waals surface area contributed by atoms with E-state index in [1.54, 1.807) is 18.2 Å². The van der Waals surface area contributed by atoms with Crippen molar-refractivity contribution in [3.8, 4) is 5.75 Å². The number of allylic oxidation sites excluding steroid dienone is 2. The average Bonchev–Trinajstić information content (AvgIpc) is 3.73. The number of carbonyl (C=O) groups is 1. The zero-order chi connectivity index (χ0) is 25.2. The first kappa shape index (κ1) is 25.1. The number of hydrogen-bond donors (Lipinski definition) is 0. The van der Waals surface area contributed by atoms with E-state index >= 15 is 8.78 Å². The van der Waals surface area contributed by atoms with Crippen molar-refractivity contribution in [1.29, 1.82) is 0 Å². The highest BCUT2D eigenvalue weighted by Gasteiger charge is 2.33. The van der Waals surface area contributed by atoms with Crippen molar-refractivity contribution in [2.75, 3.05) is 6.61 Å². The summed E-state index contributed by atoms with van der Waals surface area (Å²) in [6, 6.07) is 8.02. The zero-order valence-electron chi connectivity index (χ0n) is 20.7. The Morgan fingerprint density at radius 1 is 0.889 bits per heavy atom. The third-order valence-electron chi connectivity index (χ3n) is 8.19. The van der Waals surface area contributed by atoms with Gasteiger partial charge in [0.15, 0.2) is 23.2 Å². The molecule has 1 unspecified atom stereocenters. The van der Waals surface area contributed by atoms with Gasteiger partial charge in [0.05, 0.1) is 12.5 Å². The van der Waals surface area contributed by atoms with Gasteiger partial charge < -0.3 is 9.47 Å². The third kappa shape index (κ3) is 5.39. The molecule has 2 saturated carbocycles. The summed E-state index contributed by atoms with van der Waals surface area (Å²) in [4.78, 5) is 12.6. The van der Waals surface area contributed by atoms with Crippen LogP contribution in [0.3, 0.4) is 0 Å². The van der Waals surface area contributed by atoms with Crippen molar-refractivity contribution in [1.82, 2.24) is 0 Å². The Bertz CT molecular complexity index is 1120. The number of epoxide rings is 1. The quantitative estimate of drug-likeness (QED) is 0.176. The molecule has 192 valence electrons. The van der Waals surface area contributed by atoms with Crippen LogP contribution < -0.4 is 4.74 Å². The Balaban J connectivity index is 1.18. The van der Waals surface area contributed by atoms with E-state index in [4.69, 9.17) is 9.47 Å². The number of ether oxygens (including phenoxy) is 2. The summed E-state index contributed by atoms with van der Waals surface area (Å²) in [7, 11) is 0. The van der Waals surface area contributed by atoms with E-state index in [1.165, 1.54) is 12.1 Å². The van der Waals surface area contributed by atoms with Crippen molar-refractivity contribution < 1.29 is 27.4 Å². The maximum absolute atomic E-state index is 15.2. The van der Waals surface area contributed by atoms with Crippen LogP contribution in [0.1, 0.15) is 92.9 Å². The lowest BCUT2D eigenvalue weighted by Gasteiger charge is -2.30. The monoisotopic (exact) mass is 498 g/mol. The molecule has 0 N–H and O–H groups in total. The molecule has 3 nitrogen and oxygen atoms in total. The van der Waals surface area contributed by atoms with Gasteiger partial charge in [-0.1, -0.05) is 30.4 Å². The second-order valence-electron chi connectivity index (χ2n) is 10.5. The number of benzene rings is 2. The van der Waals surface area contributed by atoms with Gasteiger partial charge in [0.2, 0.25) is 0 Å². The van der Waals surface area contributed by atoms with Crippen molar-refractivity contribution in [2.24, 2.45) is 11.8 Å². The lowest BCUT2D eigenvalue weighted by Crippen LogP contribution is -2.26. The fourth-order valence-electron chi connectivity index (χ4n) is 5.98. The lowest BCUT2D eigenvalue weighted by molar-refractivity contribution is -0.140. The summed E-state index contributed by atoms with van der Waals surface area (Å²) < 4.78 is 55.1. The van der Waals surface area contributed by atoms with E-state index in [1.807, 2.05) is 6.92 Å². The van der Waals surface area contributed by atoms with Gasteiger partial charge in [-0.15, -0.1) is 0 Å². The molecule has 1 heterocycles. The van der Waals surface area contributed by atoms with E-state index in [2.05, 4.69) is 12.2 Å². The molecule has 0 bridgehead atoms. The lowest BCUT2D eigenvalue weighted by atomic mass is 9.76.